The summed E-state index contributed by atoms with van der Waals surface area (Å²) in [7, 11) is 0.575. The van der Waals surface area contributed by atoms with Gasteiger partial charge in [-0.3, -0.25) is 0 Å². The van der Waals surface area contributed by atoms with E-state index < -0.39 is 0 Å². The first-order valence-electron chi connectivity index (χ1n) is 7.68. The van der Waals surface area contributed by atoms with Crippen molar-refractivity contribution < 1.29 is 4.39 Å². The largest absolute Gasteiger partial charge is 0.384 e. The van der Waals surface area contributed by atoms with E-state index in [1.807, 2.05) is 13.8 Å². The molecule has 0 radical (unpaired) electrons. The van der Waals surface area contributed by atoms with E-state index in [1.165, 1.54) is 0 Å². The second-order valence-electron chi connectivity index (χ2n) is 5.96. The number of hydrogen-bond donors (Lipinski definition) is 1. The fourth-order valence-electron chi connectivity index (χ4n) is 1.91. The summed E-state index contributed by atoms with van der Waals surface area (Å²) in [6, 6.07) is 0. The number of aliphatic imine (C=N–C) groups is 1. The molecule has 0 amide bonds. The molecule has 0 aromatic rings. The molecular weight excluding hydrogens is 294 g/mol. The molecular formula is C18H30FN2P. The lowest BCUT2D eigenvalue weighted by Gasteiger charge is -2.10. The van der Waals surface area contributed by atoms with Crippen LogP contribution in [0.1, 0.15) is 47.0 Å². The number of allylic oxidation sites excluding steroid dienone is 5. The standard InChI is InChI=1S/C18H30FN2P/c1-7-17(21-18(20)14(4)5)22-10-8-9-16(11-13(2)3)12-15(6)19/h7,12-13,22H,1,6,8-11,20H2,2-5H3/b16-12-,21-17+. The summed E-state index contributed by atoms with van der Waals surface area (Å²) >= 11 is 0. The van der Waals surface area contributed by atoms with Crippen molar-refractivity contribution in [3.05, 3.63) is 48.1 Å². The molecule has 0 fully saturated rings. The third-order valence-electron chi connectivity index (χ3n) is 2.96. The third kappa shape index (κ3) is 10.5. The molecule has 0 aromatic heterocycles. The highest BCUT2D eigenvalue weighted by Crippen LogP contribution is 2.23. The minimum Gasteiger partial charge on any atom is -0.384 e. The Hall–Kier alpha value is -1.21. The van der Waals surface area contributed by atoms with Gasteiger partial charge in [0.05, 0.1) is 5.45 Å². The van der Waals surface area contributed by atoms with Gasteiger partial charge < -0.3 is 5.73 Å². The van der Waals surface area contributed by atoms with Crippen molar-refractivity contribution >= 4 is 14.0 Å². The van der Waals surface area contributed by atoms with Crippen LogP contribution >= 0.6 is 8.58 Å². The molecule has 22 heavy (non-hydrogen) atoms. The van der Waals surface area contributed by atoms with Gasteiger partial charge in [0.25, 0.3) is 0 Å². The maximum absolute atomic E-state index is 13.0. The average Bonchev–Trinajstić information content (AvgIpc) is 2.40. The summed E-state index contributed by atoms with van der Waals surface area (Å²) in [6.45, 7) is 15.3. The summed E-state index contributed by atoms with van der Waals surface area (Å²) in [5.74, 6) is 0.732. The van der Waals surface area contributed by atoms with E-state index in [4.69, 9.17) is 5.73 Å². The van der Waals surface area contributed by atoms with Crippen LogP contribution < -0.4 is 5.73 Å². The molecule has 0 aliphatic carbocycles. The molecule has 0 saturated heterocycles. The van der Waals surface area contributed by atoms with Gasteiger partial charge in [0.2, 0.25) is 0 Å². The zero-order valence-electron chi connectivity index (χ0n) is 14.4. The van der Waals surface area contributed by atoms with E-state index in [-0.39, 0.29) is 5.83 Å². The van der Waals surface area contributed by atoms with Crippen molar-refractivity contribution in [3.8, 4) is 0 Å². The molecule has 0 saturated carbocycles. The Morgan fingerprint density at radius 1 is 1.36 bits per heavy atom. The lowest BCUT2D eigenvalue weighted by atomic mass is 9.99. The molecule has 4 heteroatoms. The van der Waals surface area contributed by atoms with Crippen LogP contribution in [0.5, 0.6) is 0 Å². The Balaban J connectivity index is 4.47. The predicted octanol–water partition coefficient (Wildman–Crippen LogP) is 5.70. The molecule has 1 atom stereocenters. The van der Waals surface area contributed by atoms with Gasteiger partial charge in [-0.15, -0.1) is 0 Å². The minimum absolute atomic E-state index is 0.359. The van der Waals surface area contributed by atoms with Gasteiger partial charge in [-0.1, -0.05) is 41.2 Å². The predicted molar refractivity (Wildman–Crippen MR) is 100 cm³/mol. The van der Waals surface area contributed by atoms with Gasteiger partial charge in [-0.25, -0.2) is 9.38 Å². The molecule has 0 heterocycles. The van der Waals surface area contributed by atoms with Crippen LogP contribution in [-0.4, -0.2) is 11.6 Å². The summed E-state index contributed by atoms with van der Waals surface area (Å²) in [5.41, 5.74) is 8.92. The average molecular weight is 324 g/mol. The first-order chi connectivity index (χ1) is 10.3. The third-order valence-corrected chi connectivity index (χ3v) is 4.24. The lowest BCUT2D eigenvalue weighted by Crippen LogP contribution is -1.99. The second kappa shape index (κ2) is 11.4. The van der Waals surface area contributed by atoms with Gasteiger partial charge in [-0.05, 0) is 62.9 Å². The molecule has 0 aliphatic rings. The van der Waals surface area contributed by atoms with E-state index in [2.05, 4.69) is 32.0 Å². The Kier molecular flexibility index (Phi) is 10.7. The normalized spacial score (nSPS) is 13.0. The fourth-order valence-corrected chi connectivity index (χ4v) is 2.86. The highest BCUT2D eigenvalue weighted by Gasteiger charge is 2.04. The van der Waals surface area contributed by atoms with Crippen LogP contribution in [0, 0.1) is 5.92 Å². The number of halogens is 1. The first kappa shape index (κ1) is 20.8. The van der Waals surface area contributed by atoms with Crippen molar-refractivity contribution in [1.29, 1.82) is 0 Å². The Morgan fingerprint density at radius 2 is 2.00 bits per heavy atom. The topological polar surface area (TPSA) is 38.4 Å². The van der Waals surface area contributed by atoms with Crippen molar-refractivity contribution in [1.82, 2.24) is 0 Å². The van der Waals surface area contributed by atoms with Gasteiger partial charge >= 0.3 is 0 Å². The van der Waals surface area contributed by atoms with E-state index >= 15 is 0 Å². The molecule has 1 unspecified atom stereocenters. The quantitative estimate of drug-likeness (QED) is 0.238. The first-order valence-corrected chi connectivity index (χ1v) is 8.88. The van der Waals surface area contributed by atoms with Crippen LogP contribution in [-0.2, 0) is 0 Å². The van der Waals surface area contributed by atoms with Crippen LogP contribution in [0.3, 0.4) is 0 Å². The van der Waals surface area contributed by atoms with Crippen LogP contribution in [0.4, 0.5) is 4.39 Å². The Bertz CT molecular complexity index is 469. The maximum Gasteiger partial charge on any atom is 0.122 e. The van der Waals surface area contributed by atoms with Crippen LogP contribution in [0.2, 0.25) is 0 Å². The van der Waals surface area contributed by atoms with E-state index in [1.54, 1.807) is 12.2 Å². The molecule has 0 rings (SSSR count). The van der Waals surface area contributed by atoms with Crippen molar-refractivity contribution in [3.63, 3.8) is 0 Å². The zero-order valence-corrected chi connectivity index (χ0v) is 15.4. The summed E-state index contributed by atoms with van der Waals surface area (Å²) < 4.78 is 13.0. The molecule has 2 nitrogen and oxygen atoms in total. The van der Waals surface area contributed by atoms with Gasteiger partial charge in [-0.2, -0.15) is 0 Å². The van der Waals surface area contributed by atoms with E-state index in [9.17, 15) is 4.39 Å². The smallest absolute Gasteiger partial charge is 0.122 e. The van der Waals surface area contributed by atoms with E-state index in [0.29, 0.717) is 20.3 Å². The molecule has 0 spiro atoms. The summed E-state index contributed by atoms with van der Waals surface area (Å²) in [4.78, 5) is 4.39. The monoisotopic (exact) mass is 324 g/mol. The molecule has 0 bridgehead atoms. The number of nitrogens with two attached hydrogens (primary N) is 1. The van der Waals surface area contributed by atoms with E-state index in [0.717, 1.165) is 42.0 Å². The Labute approximate surface area is 137 Å². The van der Waals surface area contributed by atoms with Crippen molar-refractivity contribution in [2.24, 2.45) is 16.6 Å². The fraction of sp³-hybridized carbons (Fsp3) is 0.500. The number of rotatable bonds is 10. The molecule has 0 aromatic carbocycles. The maximum atomic E-state index is 13.0. The highest BCUT2D eigenvalue weighted by molar-refractivity contribution is 7.59. The second-order valence-corrected chi connectivity index (χ2v) is 7.33. The zero-order chi connectivity index (χ0) is 17.1. The summed E-state index contributed by atoms with van der Waals surface area (Å²) in [5, 5.41) is 0. The van der Waals surface area contributed by atoms with Gasteiger partial charge in [0.15, 0.2) is 0 Å². The summed E-state index contributed by atoms with van der Waals surface area (Å²) in [6.07, 6.45) is 7.17. The minimum atomic E-state index is -0.359. The van der Waals surface area contributed by atoms with Crippen LogP contribution in [0.25, 0.3) is 0 Å². The highest BCUT2D eigenvalue weighted by atomic mass is 31.1. The Morgan fingerprint density at radius 3 is 2.45 bits per heavy atom. The van der Waals surface area contributed by atoms with Crippen LogP contribution in [0.15, 0.2) is 53.1 Å². The molecule has 124 valence electrons. The lowest BCUT2D eigenvalue weighted by molar-refractivity contribution is 0.613. The van der Waals surface area contributed by atoms with Gasteiger partial charge in [0.1, 0.15) is 11.6 Å². The van der Waals surface area contributed by atoms with Crippen molar-refractivity contribution in [2.75, 3.05) is 6.16 Å². The van der Waals surface area contributed by atoms with Gasteiger partial charge in [0, 0.05) is 0 Å². The molecule has 0 aliphatic heterocycles. The van der Waals surface area contributed by atoms with Crippen molar-refractivity contribution in [2.45, 2.75) is 47.0 Å². The number of nitrogens with zero attached hydrogens (tertiary/aromatic N) is 1. The SMILES string of the molecule is C=C/C(=N\C(N)=C(C)C)PCCC/C(=C/C(=C)F)CC(C)C. The molecule has 2 N–H and O–H groups in total. The number of hydrogen-bond acceptors (Lipinski definition) is 2.